The molecule has 1 aromatic carbocycles. The van der Waals surface area contributed by atoms with Gasteiger partial charge in [-0.05, 0) is 24.5 Å². The van der Waals surface area contributed by atoms with Crippen LogP contribution in [0.3, 0.4) is 0 Å². The van der Waals surface area contributed by atoms with E-state index in [1.165, 1.54) is 0 Å². The SMILES string of the molecule is CCOc1cccc(C(=O)CC(C)(C)C)c1. The van der Waals surface area contributed by atoms with Crippen LogP contribution in [-0.2, 0) is 0 Å². The maximum absolute atomic E-state index is 12.0. The molecule has 0 atom stereocenters. The Labute approximate surface area is 97.6 Å². The highest BCUT2D eigenvalue weighted by Gasteiger charge is 2.17. The Morgan fingerprint density at radius 2 is 2.00 bits per heavy atom. The summed E-state index contributed by atoms with van der Waals surface area (Å²) in [5.41, 5.74) is 0.763. The van der Waals surface area contributed by atoms with Gasteiger partial charge in [0, 0.05) is 12.0 Å². The molecule has 0 aliphatic carbocycles. The predicted molar refractivity (Wildman–Crippen MR) is 66.0 cm³/mol. The zero-order chi connectivity index (χ0) is 12.2. The van der Waals surface area contributed by atoms with Crippen molar-refractivity contribution < 1.29 is 9.53 Å². The first-order valence-corrected chi connectivity index (χ1v) is 5.68. The van der Waals surface area contributed by atoms with Gasteiger partial charge in [0.1, 0.15) is 5.75 Å². The smallest absolute Gasteiger partial charge is 0.163 e. The summed E-state index contributed by atoms with van der Waals surface area (Å²) in [5, 5.41) is 0. The summed E-state index contributed by atoms with van der Waals surface area (Å²) in [6.45, 7) is 8.76. The molecule has 2 heteroatoms. The minimum absolute atomic E-state index is 0.0265. The number of hydrogen-bond acceptors (Lipinski definition) is 2. The van der Waals surface area contributed by atoms with E-state index in [4.69, 9.17) is 4.74 Å². The van der Waals surface area contributed by atoms with Crippen LogP contribution in [0.25, 0.3) is 0 Å². The molecule has 0 saturated carbocycles. The zero-order valence-electron chi connectivity index (χ0n) is 10.5. The van der Waals surface area contributed by atoms with Crippen LogP contribution >= 0.6 is 0 Å². The summed E-state index contributed by atoms with van der Waals surface area (Å²) >= 11 is 0. The van der Waals surface area contributed by atoms with Gasteiger partial charge in [-0.3, -0.25) is 4.79 Å². The summed E-state index contributed by atoms with van der Waals surface area (Å²) in [6.07, 6.45) is 0.558. The van der Waals surface area contributed by atoms with E-state index in [0.29, 0.717) is 13.0 Å². The number of carbonyl (C=O) groups excluding carboxylic acids is 1. The average molecular weight is 220 g/mol. The minimum Gasteiger partial charge on any atom is -0.494 e. The van der Waals surface area contributed by atoms with Crippen LogP contribution in [0.1, 0.15) is 44.5 Å². The Balaban J connectivity index is 2.79. The molecular weight excluding hydrogens is 200 g/mol. The maximum atomic E-state index is 12.0. The molecule has 2 nitrogen and oxygen atoms in total. The minimum atomic E-state index is 0.0265. The number of carbonyl (C=O) groups is 1. The van der Waals surface area contributed by atoms with E-state index in [0.717, 1.165) is 11.3 Å². The van der Waals surface area contributed by atoms with Gasteiger partial charge in [-0.15, -0.1) is 0 Å². The van der Waals surface area contributed by atoms with Crippen LogP contribution in [0.5, 0.6) is 5.75 Å². The fourth-order valence-electron chi connectivity index (χ4n) is 1.51. The molecule has 0 aliphatic heterocycles. The number of benzene rings is 1. The molecule has 88 valence electrons. The number of hydrogen-bond donors (Lipinski definition) is 0. The summed E-state index contributed by atoms with van der Waals surface area (Å²) in [7, 11) is 0. The Morgan fingerprint density at radius 1 is 1.31 bits per heavy atom. The number of ether oxygens (including phenoxy) is 1. The van der Waals surface area contributed by atoms with Gasteiger partial charge in [0.15, 0.2) is 5.78 Å². The van der Waals surface area contributed by atoms with Crippen LogP contribution in [0, 0.1) is 5.41 Å². The topological polar surface area (TPSA) is 26.3 Å². The second-order valence-electron chi connectivity index (χ2n) is 5.12. The number of Topliss-reactive ketones (excluding diaryl/α,β-unsaturated/α-hetero) is 1. The fraction of sp³-hybridized carbons (Fsp3) is 0.500. The molecule has 0 aliphatic rings. The standard InChI is InChI=1S/C14H20O2/c1-5-16-12-8-6-7-11(9-12)13(15)10-14(2,3)4/h6-9H,5,10H2,1-4H3. The molecule has 0 heterocycles. The third-order valence-electron chi connectivity index (χ3n) is 2.16. The molecule has 0 fully saturated rings. The summed E-state index contributed by atoms with van der Waals surface area (Å²) in [4.78, 5) is 12.0. The van der Waals surface area contributed by atoms with Crippen molar-refractivity contribution in [3.8, 4) is 5.75 Å². The van der Waals surface area contributed by atoms with Crippen molar-refractivity contribution in [2.45, 2.75) is 34.1 Å². The van der Waals surface area contributed by atoms with Crippen LogP contribution in [0.15, 0.2) is 24.3 Å². The molecule has 0 spiro atoms. The van der Waals surface area contributed by atoms with Crippen LogP contribution in [0.4, 0.5) is 0 Å². The second kappa shape index (κ2) is 5.15. The van der Waals surface area contributed by atoms with Crippen molar-refractivity contribution in [2.75, 3.05) is 6.61 Å². The largest absolute Gasteiger partial charge is 0.494 e. The lowest BCUT2D eigenvalue weighted by Crippen LogP contribution is -2.13. The zero-order valence-corrected chi connectivity index (χ0v) is 10.5. The number of rotatable bonds is 4. The van der Waals surface area contributed by atoms with Gasteiger partial charge in [-0.25, -0.2) is 0 Å². The highest BCUT2D eigenvalue weighted by atomic mass is 16.5. The normalized spacial score (nSPS) is 11.2. The number of ketones is 1. The van der Waals surface area contributed by atoms with Gasteiger partial charge in [0.2, 0.25) is 0 Å². The van der Waals surface area contributed by atoms with Gasteiger partial charge in [-0.2, -0.15) is 0 Å². The average Bonchev–Trinajstić information content (AvgIpc) is 2.16. The molecule has 0 aromatic heterocycles. The van der Waals surface area contributed by atoms with Gasteiger partial charge < -0.3 is 4.74 Å². The van der Waals surface area contributed by atoms with Crippen molar-refractivity contribution in [2.24, 2.45) is 5.41 Å². The van der Waals surface area contributed by atoms with Crippen molar-refractivity contribution >= 4 is 5.78 Å². The van der Waals surface area contributed by atoms with Crippen molar-refractivity contribution in [1.29, 1.82) is 0 Å². The molecule has 1 aromatic rings. The van der Waals surface area contributed by atoms with E-state index in [1.54, 1.807) is 0 Å². The Bertz CT molecular complexity index is 361. The third kappa shape index (κ3) is 4.05. The highest BCUT2D eigenvalue weighted by Crippen LogP contribution is 2.23. The first-order chi connectivity index (χ1) is 7.42. The molecule has 0 saturated heterocycles. The van der Waals surface area contributed by atoms with Crippen molar-refractivity contribution in [3.05, 3.63) is 29.8 Å². The van der Waals surface area contributed by atoms with Crippen molar-refractivity contribution in [1.82, 2.24) is 0 Å². The lowest BCUT2D eigenvalue weighted by Gasteiger charge is -2.16. The highest BCUT2D eigenvalue weighted by molar-refractivity contribution is 5.96. The predicted octanol–water partition coefficient (Wildman–Crippen LogP) is 3.70. The maximum Gasteiger partial charge on any atom is 0.163 e. The molecule has 1 rings (SSSR count). The molecule has 16 heavy (non-hydrogen) atoms. The van der Waals surface area contributed by atoms with E-state index in [1.807, 2.05) is 31.2 Å². The molecular formula is C14H20O2. The quantitative estimate of drug-likeness (QED) is 0.723. The Kier molecular flexibility index (Phi) is 4.11. The van der Waals surface area contributed by atoms with Crippen molar-refractivity contribution in [3.63, 3.8) is 0 Å². The van der Waals surface area contributed by atoms with Crippen LogP contribution < -0.4 is 4.74 Å². The molecule has 0 amide bonds. The lowest BCUT2D eigenvalue weighted by atomic mass is 9.88. The first-order valence-electron chi connectivity index (χ1n) is 5.68. The lowest BCUT2D eigenvalue weighted by molar-refractivity contribution is 0.0939. The molecule has 0 bridgehead atoms. The van der Waals surface area contributed by atoms with Crippen LogP contribution in [-0.4, -0.2) is 12.4 Å². The van der Waals surface area contributed by atoms with E-state index >= 15 is 0 Å². The molecule has 0 unspecified atom stereocenters. The van der Waals surface area contributed by atoms with Gasteiger partial charge >= 0.3 is 0 Å². The summed E-state index contributed by atoms with van der Waals surface area (Å²) < 4.78 is 5.37. The second-order valence-corrected chi connectivity index (χ2v) is 5.12. The Morgan fingerprint density at radius 3 is 2.56 bits per heavy atom. The summed E-state index contributed by atoms with van der Waals surface area (Å²) in [6, 6.07) is 7.40. The third-order valence-corrected chi connectivity index (χ3v) is 2.16. The first kappa shape index (κ1) is 12.8. The van der Waals surface area contributed by atoms with Gasteiger partial charge in [0.05, 0.1) is 6.61 Å². The van der Waals surface area contributed by atoms with Gasteiger partial charge in [-0.1, -0.05) is 32.9 Å². The van der Waals surface area contributed by atoms with E-state index in [-0.39, 0.29) is 11.2 Å². The summed E-state index contributed by atoms with van der Waals surface area (Å²) in [5.74, 6) is 0.941. The van der Waals surface area contributed by atoms with E-state index in [2.05, 4.69) is 20.8 Å². The Hall–Kier alpha value is -1.31. The molecule has 0 radical (unpaired) electrons. The fourth-order valence-corrected chi connectivity index (χ4v) is 1.51. The van der Waals surface area contributed by atoms with E-state index in [9.17, 15) is 4.79 Å². The molecule has 0 N–H and O–H groups in total. The van der Waals surface area contributed by atoms with Gasteiger partial charge in [0.25, 0.3) is 0 Å². The van der Waals surface area contributed by atoms with E-state index < -0.39 is 0 Å². The van der Waals surface area contributed by atoms with Crippen LogP contribution in [0.2, 0.25) is 0 Å². The monoisotopic (exact) mass is 220 g/mol.